The van der Waals surface area contributed by atoms with Gasteiger partial charge >= 0.3 is 12.1 Å². The van der Waals surface area contributed by atoms with Gasteiger partial charge in [0.1, 0.15) is 6.61 Å². The molecule has 0 bridgehead atoms. The number of aliphatic carboxylic acids is 1. The lowest BCUT2D eigenvalue weighted by Crippen LogP contribution is -2.44. The monoisotopic (exact) mass is 540 g/mol. The van der Waals surface area contributed by atoms with Crippen LogP contribution in [-0.2, 0) is 20.9 Å². The van der Waals surface area contributed by atoms with Gasteiger partial charge in [-0.15, -0.1) is 0 Å². The van der Waals surface area contributed by atoms with E-state index in [9.17, 15) is 19.5 Å². The molecule has 2 aliphatic rings. The maximum atomic E-state index is 13.7. The summed E-state index contributed by atoms with van der Waals surface area (Å²) in [5.74, 6) is -1.26. The third-order valence-corrected chi connectivity index (χ3v) is 8.20. The van der Waals surface area contributed by atoms with Crippen molar-refractivity contribution in [2.24, 2.45) is 11.8 Å². The third kappa shape index (κ3) is 6.36. The summed E-state index contributed by atoms with van der Waals surface area (Å²) in [5.41, 5.74) is 5.64. The Labute approximate surface area is 235 Å². The number of carbonyl (C=O) groups excluding carboxylic acids is 2. The molecule has 2 amide bonds. The number of nitrogens with one attached hydrogen (secondary N) is 1. The standard InChI is InChI=1S/C33H36N2O5/c36-31(37)18-19-35(21-23-10-2-1-3-11-23)32(38)25-13-5-4-12-24(25)20-34-33(39)40-22-30-28-16-8-6-14-26(28)27-15-7-9-17-29(27)30/h1-3,6-11,14-17,24-25,30H,4-5,12-13,18-22H2,(H,34,39)(H,36,37)/t24-,25-/m1/s1. The Morgan fingerprint density at radius 3 is 2.15 bits per heavy atom. The van der Waals surface area contributed by atoms with Crippen LogP contribution >= 0.6 is 0 Å². The van der Waals surface area contributed by atoms with E-state index in [1.165, 1.54) is 11.1 Å². The summed E-state index contributed by atoms with van der Waals surface area (Å²) in [7, 11) is 0. The Morgan fingerprint density at radius 1 is 0.850 bits per heavy atom. The van der Waals surface area contributed by atoms with Gasteiger partial charge in [-0.3, -0.25) is 9.59 Å². The van der Waals surface area contributed by atoms with Crippen molar-refractivity contribution in [1.29, 1.82) is 0 Å². The van der Waals surface area contributed by atoms with Crippen molar-refractivity contribution < 1.29 is 24.2 Å². The van der Waals surface area contributed by atoms with Gasteiger partial charge in [0.2, 0.25) is 5.91 Å². The summed E-state index contributed by atoms with van der Waals surface area (Å²) in [6.07, 6.45) is 2.91. The van der Waals surface area contributed by atoms with Crippen LogP contribution in [0.3, 0.4) is 0 Å². The highest BCUT2D eigenvalue weighted by atomic mass is 16.5. The minimum absolute atomic E-state index is 0.0112. The maximum Gasteiger partial charge on any atom is 0.407 e. The first-order valence-corrected chi connectivity index (χ1v) is 14.1. The van der Waals surface area contributed by atoms with Crippen LogP contribution in [0.1, 0.15) is 54.7 Å². The van der Waals surface area contributed by atoms with Gasteiger partial charge in [-0.05, 0) is 46.6 Å². The second kappa shape index (κ2) is 12.8. The fraction of sp³-hybridized carbons (Fsp3) is 0.364. The summed E-state index contributed by atoms with van der Waals surface area (Å²) >= 11 is 0. The quantitative estimate of drug-likeness (QED) is 0.337. The molecule has 0 unspecified atom stereocenters. The topological polar surface area (TPSA) is 95.9 Å². The highest BCUT2D eigenvalue weighted by Gasteiger charge is 2.34. The zero-order valence-corrected chi connectivity index (χ0v) is 22.6. The molecular weight excluding hydrogens is 504 g/mol. The first-order valence-electron chi connectivity index (χ1n) is 14.1. The summed E-state index contributed by atoms with van der Waals surface area (Å²) in [6.45, 7) is 1.13. The molecule has 1 fully saturated rings. The van der Waals surface area contributed by atoms with E-state index in [2.05, 4.69) is 29.6 Å². The average molecular weight is 541 g/mol. The number of hydrogen-bond donors (Lipinski definition) is 2. The van der Waals surface area contributed by atoms with Gasteiger partial charge in [0.25, 0.3) is 0 Å². The summed E-state index contributed by atoms with van der Waals surface area (Å²) in [5, 5.41) is 12.2. The average Bonchev–Trinajstić information content (AvgIpc) is 3.31. The van der Waals surface area contributed by atoms with E-state index in [0.29, 0.717) is 13.1 Å². The molecule has 208 valence electrons. The fourth-order valence-corrected chi connectivity index (χ4v) is 6.18. The number of nitrogens with zero attached hydrogens (tertiary/aromatic N) is 1. The molecule has 0 spiro atoms. The number of carboxylic acid groups (broad SMARTS) is 1. The molecule has 40 heavy (non-hydrogen) atoms. The highest BCUT2D eigenvalue weighted by molar-refractivity contribution is 5.80. The number of carboxylic acids is 1. The molecule has 7 nitrogen and oxygen atoms in total. The van der Waals surface area contributed by atoms with Crippen LogP contribution in [0.4, 0.5) is 4.79 Å². The molecular formula is C33H36N2O5. The molecule has 0 aromatic heterocycles. The number of rotatable bonds is 10. The predicted octanol–water partition coefficient (Wildman–Crippen LogP) is 5.84. The van der Waals surface area contributed by atoms with Crippen LogP contribution in [0.2, 0.25) is 0 Å². The molecule has 3 aromatic rings. The molecule has 1 saturated carbocycles. The van der Waals surface area contributed by atoms with Gasteiger partial charge in [0, 0.05) is 31.5 Å². The van der Waals surface area contributed by atoms with Crippen molar-refractivity contribution in [1.82, 2.24) is 10.2 Å². The summed E-state index contributed by atoms with van der Waals surface area (Å²) < 4.78 is 5.71. The van der Waals surface area contributed by atoms with Crippen molar-refractivity contribution >= 4 is 18.0 Å². The first-order chi connectivity index (χ1) is 19.5. The number of fused-ring (bicyclic) bond motifs is 3. The Balaban J connectivity index is 1.20. The van der Waals surface area contributed by atoms with Gasteiger partial charge in [0.05, 0.1) is 6.42 Å². The lowest BCUT2D eigenvalue weighted by atomic mass is 9.78. The van der Waals surface area contributed by atoms with Crippen LogP contribution in [0, 0.1) is 11.8 Å². The van der Waals surface area contributed by atoms with E-state index >= 15 is 0 Å². The summed E-state index contributed by atoms with van der Waals surface area (Å²) in [6, 6.07) is 26.1. The van der Waals surface area contributed by atoms with E-state index in [4.69, 9.17) is 4.74 Å². The van der Waals surface area contributed by atoms with Crippen LogP contribution < -0.4 is 5.32 Å². The van der Waals surface area contributed by atoms with E-state index in [0.717, 1.165) is 42.4 Å². The number of ether oxygens (including phenoxy) is 1. The molecule has 0 radical (unpaired) electrons. The molecule has 2 atom stereocenters. The normalized spacial score (nSPS) is 17.9. The van der Waals surface area contributed by atoms with Crippen molar-refractivity contribution in [2.45, 2.75) is 44.6 Å². The molecule has 5 rings (SSSR count). The molecule has 0 saturated heterocycles. The SMILES string of the molecule is O=C(O)CCN(Cc1ccccc1)C(=O)[C@@H]1CCCC[C@@H]1CNC(=O)OCC1c2ccccc2-c2ccccc21. The second-order valence-corrected chi connectivity index (χ2v) is 10.7. The maximum absolute atomic E-state index is 13.7. The third-order valence-electron chi connectivity index (χ3n) is 8.20. The van der Waals surface area contributed by atoms with Crippen molar-refractivity contribution in [3.05, 3.63) is 95.6 Å². The Hall–Kier alpha value is -4.13. The van der Waals surface area contributed by atoms with E-state index in [1.54, 1.807) is 4.90 Å². The van der Waals surface area contributed by atoms with Gasteiger partial charge in [-0.2, -0.15) is 0 Å². The number of alkyl carbamates (subject to hydrolysis) is 1. The van der Waals surface area contributed by atoms with Crippen LogP contribution in [0.15, 0.2) is 78.9 Å². The lowest BCUT2D eigenvalue weighted by Gasteiger charge is -2.35. The second-order valence-electron chi connectivity index (χ2n) is 10.7. The van der Waals surface area contributed by atoms with E-state index in [1.807, 2.05) is 54.6 Å². The lowest BCUT2D eigenvalue weighted by molar-refractivity contribution is -0.141. The smallest absolute Gasteiger partial charge is 0.407 e. The molecule has 2 N–H and O–H groups in total. The van der Waals surface area contributed by atoms with Crippen molar-refractivity contribution in [2.75, 3.05) is 19.7 Å². The summed E-state index contributed by atoms with van der Waals surface area (Å²) in [4.78, 5) is 39.5. The van der Waals surface area contributed by atoms with Crippen LogP contribution in [-0.4, -0.2) is 47.7 Å². The largest absolute Gasteiger partial charge is 0.481 e. The zero-order chi connectivity index (χ0) is 27.9. The number of benzene rings is 3. The molecule has 0 heterocycles. The Kier molecular flexibility index (Phi) is 8.79. The van der Waals surface area contributed by atoms with Crippen LogP contribution in [0.5, 0.6) is 0 Å². The van der Waals surface area contributed by atoms with E-state index < -0.39 is 12.1 Å². The first kappa shape index (κ1) is 27.4. The van der Waals surface area contributed by atoms with E-state index in [-0.39, 0.29) is 43.2 Å². The van der Waals surface area contributed by atoms with Crippen molar-refractivity contribution in [3.63, 3.8) is 0 Å². The van der Waals surface area contributed by atoms with Crippen molar-refractivity contribution in [3.8, 4) is 11.1 Å². The minimum atomic E-state index is -0.928. The number of amides is 2. The zero-order valence-electron chi connectivity index (χ0n) is 22.6. The molecule has 0 aliphatic heterocycles. The predicted molar refractivity (Wildman–Crippen MR) is 153 cm³/mol. The van der Waals surface area contributed by atoms with Gasteiger partial charge < -0.3 is 20.1 Å². The van der Waals surface area contributed by atoms with Gasteiger partial charge in [-0.25, -0.2) is 4.79 Å². The molecule has 2 aliphatic carbocycles. The highest BCUT2D eigenvalue weighted by Crippen LogP contribution is 2.44. The fourth-order valence-electron chi connectivity index (χ4n) is 6.18. The minimum Gasteiger partial charge on any atom is -0.481 e. The Morgan fingerprint density at radius 2 is 1.48 bits per heavy atom. The molecule has 7 heteroatoms. The molecule has 3 aromatic carbocycles. The Bertz CT molecular complexity index is 1300. The van der Waals surface area contributed by atoms with Gasteiger partial charge in [-0.1, -0.05) is 91.7 Å². The number of hydrogen-bond acceptors (Lipinski definition) is 4. The van der Waals surface area contributed by atoms with Gasteiger partial charge in [0.15, 0.2) is 0 Å². The van der Waals surface area contributed by atoms with Crippen LogP contribution in [0.25, 0.3) is 11.1 Å². The number of carbonyl (C=O) groups is 3.